The smallest absolute Gasteiger partial charge is 0.0467 e. The van der Waals surface area contributed by atoms with E-state index in [1.807, 2.05) is 7.05 Å². The maximum absolute atomic E-state index is 3.61. The molecule has 0 unspecified atom stereocenters. The molecule has 0 saturated carbocycles. The predicted octanol–water partition coefficient (Wildman–Crippen LogP) is 5.11. The highest BCUT2D eigenvalue weighted by atomic mass is 79.9. The second kappa shape index (κ2) is 8.20. The lowest BCUT2D eigenvalue weighted by molar-refractivity contribution is 0.772. The lowest BCUT2D eigenvalue weighted by atomic mass is 10.1. The Kier molecular flexibility index (Phi) is 6.27. The van der Waals surface area contributed by atoms with Gasteiger partial charge < -0.3 is 10.2 Å². The van der Waals surface area contributed by atoms with Crippen LogP contribution in [0.5, 0.6) is 0 Å². The van der Waals surface area contributed by atoms with Gasteiger partial charge in [-0.25, -0.2) is 0 Å². The molecule has 0 aliphatic heterocycles. The molecule has 0 spiro atoms. The second-order valence-electron chi connectivity index (χ2n) is 5.14. The third-order valence-electron chi connectivity index (χ3n) is 3.51. The summed E-state index contributed by atoms with van der Waals surface area (Å²) in [7, 11) is 1.99. The Hall–Kier alpha value is -1.32. The molecular weight excluding hydrogens is 324 g/mol. The van der Waals surface area contributed by atoms with E-state index in [0.29, 0.717) is 0 Å². The first-order valence-electron chi connectivity index (χ1n) is 7.52. The molecule has 0 aromatic heterocycles. The topological polar surface area (TPSA) is 15.3 Å². The van der Waals surface area contributed by atoms with Crippen molar-refractivity contribution in [3.8, 4) is 0 Å². The van der Waals surface area contributed by atoms with E-state index in [9.17, 15) is 0 Å². The van der Waals surface area contributed by atoms with E-state index < -0.39 is 0 Å². The number of halogens is 1. The molecule has 0 atom stereocenters. The maximum Gasteiger partial charge on any atom is 0.0467 e. The molecule has 0 aliphatic rings. The zero-order chi connectivity index (χ0) is 15.1. The van der Waals surface area contributed by atoms with Crippen molar-refractivity contribution >= 4 is 27.3 Å². The van der Waals surface area contributed by atoms with Crippen molar-refractivity contribution in [1.82, 2.24) is 5.32 Å². The maximum atomic E-state index is 3.61. The van der Waals surface area contributed by atoms with Gasteiger partial charge in [0.2, 0.25) is 0 Å². The molecule has 0 bridgehead atoms. The van der Waals surface area contributed by atoms with Crippen molar-refractivity contribution in [3.05, 3.63) is 58.6 Å². The number of nitrogens with zero attached hydrogens (tertiary/aromatic N) is 1. The van der Waals surface area contributed by atoms with Crippen molar-refractivity contribution in [1.29, 1.82) is 0 Å². The third kappa shape index (κ3) is 4.32. The van der Waals surface area contributed by atoms with Crippen LogP contribution in [0.4, 0.5) is 11.4 Å². The Morgan fingerprint density at radius 1 is 1.10 bits per heavy atom. The fourth-order valence-electron chi connectivity index (χ4n) is 2.44. The van der Waals surface area contributed by atoms with Gasteiger partial charge in [0.1, 0.15) is 0 Å². The van der Waals surface area contributed by atoms with Crippen LogP contribution in [0.3, 0.4) is 0 Å². The van der Waals surface area contributed by atoms with Gasteiger partial charge in [-0.2, -0.15) is 0 Å². The lowest BCUT2D eigenvalue weighted by Gasteiger charge is -2.27. The summed E-state index contributed by atoms with van der Waals surface area (Å²) in [5, 5.41) is 3.26. The van der Waals surface area contributed by atoms with Crippen LogP contribution >= 0.6 is 15.9 Å². The van der Waals surface area contributed by atoms with Gasteiger partial charge in [0.15, 0.2) is 0 Å². The Balaban J connectivity index is 2.42. The van der Waals surface area contributed by atoms with Crippen molar-refractivity contribution in [2.75, 3.05) is 18.5 Å². The molecule has 3 heteroatoms. The summed E-state index contributed by atoms with van der Waals surface area (Å²) in [6.07, 6.45) is 2.37. The summed E-state index contributed by atoms with van der Waals surface area (Å²) in [6, 6.07) is 17.1. The minimum atomic E-state index is 0.873. The Morgan fingerprint density at radius 2 is 1.86 bits per heavy atom. The first kappa shape index (κ1) is 16.1. The predicted molar refractivity (Wildman–Crippen MR) is 95.3 cm³/mol. The standard InChI is InChI=1S/C18H23BrN2/c1-3-4-12-21(17-8-6-5-7-9-17)18-13-16(19)11-10-15(18)14-20-2/h5-11,13,20H,3-4,12,14H2,1-2H3. The highest BCUT2D eigenvalue weighted by molar-refractivity contribution is 9.10. The van der Waals surface area contributed by atoms with Gasteiger partial charge in [-0.1, -0.05) is 53.5 Å². The van der Waals surface area contributed by atoms with E-state index in [4.69, 9.17) is 0 Å². The molecule has 2 aromatic rings. The number of nitrogens with one attached hydrogen (secondary N) is 1. The number of rotatable bonds is 7. The van der Waals surface area contributed by atoms with Gasteiger partial charge in [0.25, 0.3) is 0 Å². The summed E-state index contributed by atoms with van der Waals surface area (Å²) in [5.41, 5.74) is 3.85. The van der Waals surface area contributed by atoms with E-state index in [2.05, 4.69) is 81.6 Å². The number of para-hydroxylation sites is 1. The molecule has 2 nitrogen and oxygen atoms in total. The average molecular weight is 347 g/mol. The molecule has 21 heavy (non-hydrogen) atoms. The number of anilines is 2. The molecule has 2 rings (SSSR count). The van der Waals surface area contributed by atoms with Crippen molar-refractivity contribution < 1.29 is 0 Å². The Morgan fingerprint density at radius 3 is 2.52 bits per heavy atom. The molecule has 0 amide bonds. The summed E-state index contributed by atoms with van der Waals surface area (Å²) >= 11 is 3.61. The quantitative estimate of drug-likeness (QED) is 0.749. The number of hydrogen-bond donors (Lipinski definition) is 1. The van der Waals surface area contributed by atoms with E-state index in [0.717, 1.165) is 17.6 Å². The van der Waals surface area contributed by atoms with Crippen molar-refractivity contribution in [2.24, 2.45) is 0 Å². The molecule has 2 aromatic carbocycles. The van der Waals surface area contributed by atoms with Crippen LogP contribution < -0.4 is 10.2 Å². The largest absolute Gasteiger partial charge is 0.341 e. The van der Waals surface area contributed by atoms with Crippen LogP contribution in [0.15, 0.2) is 53.0 Å². The molecule has 112 valence electrons. The van der Waals surface area contributed by atoms with Crippen molar-refractivity contribution in [2.45, 2.75) is 26.3 Å². The molecular formula is C18H23BrN2. The summed E-state index contributed by atoms with van der Waals surface area (Å²) in [4.78, 5) is 2.42. The number of hydrogen-bond acceptors (Lipinski definition) is 2. The first-order chi connectivity index (χ1) is 10.3. The first-order valence-corrected chi connectivity index (χ1v) is 8.31. The van der Waals surface area contributed by atoms with Gasteiger partial charge in [0, 0.05) is 28.9 Å². The van der Waals surface area contributed by atoms with Gasteiger partial charge >= 0.3 is 0 Å². The SMILES string of the molecule is CCCCN(c1ccccc1)c1cc(Br)ccc1CNC. The van der Waals surface area contributed by atoms with Crippen LogP contribution in [-0.4, -0.2) is 13.6 Å². The fourth-order valence-corrected chi connectivity index (χ4v) is 2.79. The van der Waals surface area contributed by atoms with Crippen LogP contribution in [-0.2, 0) is 6.54 Å². The third-order valence-corrected chi connectivity index (χ3v) is 4.00. The van der Waals surface area contributed by atoms with Crippen LogP contribution in [0, 0.1) is 0 Å². The molecule has 1 N–H and O–H groups in total. The van der Waals surface area contributed by atoms with Crippen molar-refractivity contribution in [3.63, 3.8) is 0 Å². The van der Waals surface area contributed by atoms with Gasteiger partial charge in [0.05, 0.1) is 0 Å². The summed E-state index contributed by atoms with van der Waals surface area (Å²) < 4.78 is 1.12. The zero-order valence-corrected chi connectivity index (χ0v) is 14.4. The molecule has 0 saturated heterocycles. The van der Waals surface area contributed by atoms with E-state index in [1.165, 1.54) is 29.8 Å². The molecule has 0 heterocycles. The zero-order valence-electron chi connectivity index (χ0n) is 12.8. The normalized spacial score (nSPS) is 10.6. The monoisotopic (exact) mass is 346 g/mol. The second-order valence-corrected chi connectivity index (χ2v) is 6.06. The minimum Gasteiger partial charge on any atom is -0.341 e. The highest BCUT2D eigenvalue weighted by Crippen LogP contribution is 2.31. The Bertz CT molecular complexity index is 554. The highest BCUT2D eigenvalue weighted by Gasteiger charge is 2.13. The molecule has 0 fully saturated rings. The van der Waals surface area contributed by atoms with Gasteiger partial charge in [-0.15, -0.1) is 0 Å². The summed E-state index contributed by atoms with van der Waals surface area (Å²) in [6.45, 7) is 4.14. The molecule has 0 radical (unpaired) electrons. The van der Waals surface area contributed by atoms with E-state index in [1.54, 1.807) is 0 Å². The minimum absolute atomic E-state index is 0.873. The van der Waals surface area contributed by atoms with Crippen LogP contribution in [0.1, 0.15) is 25.3 Å². The van der Waals surface area contributed by atoms with Crippen LogP contribution in [0.2, 0.25) is 0 Å². The Labute approximate surface area is 136 Å². The van der Waals surface area contributed by atoms with E-state index in [-0.39, 0.29) is 0 Å². The van der Waals surface area contributed by atoms with Gasteiger partial charge in [-0.3, -0.25) is 0 Å². The van der Waals surface area contributed by atoms with E-state index >= 15 is 0 Å². The fraction of sp³-hybridized carbons (Fsp3) is 0.333. The van der Waals surface area contributed by atoms with Gasteiger partial charge in [-0.05, 0) is 43.3 Å². The van der Waals surface area contributed by atoms with Crippen LogP contribution in [0.25, 0.3) is 0 Å². The number of unbranched alkanes of at least 4 members (excludes halogenated alkanes) is 1. The lowest BCUT2D eigenvalue weighted by Crippen LogP contribution is -2.21. The average Bonchev–Trinajstić information content (AvgIpc) is 2.51. The molecule has 0 aliphatic carbocycles. The summed E-state index contributed by atoms with van der Waals surface area (Å²) in [5.74, 6) is 0. The number of benzene rings is 2.